The van der Waals surface area contributed by atoms with Gasteiger partial charge in [-0.1, -0.05) is 15.5 Å². The average molecular weight is 168 g/mol. The summed E-state index contributed by atoms with van der Waals surface area (Å²) in [4.78, 5) is 4.11. The van der Waals surface area contributed by atoms with Gasteiger partial charge in [-0.2, -0.15) is 0 Å². The van der Waals surface area contributed by atoms with Gasteiger partial charge in [0, 0.05) is 6.20 Å². The third-order valence-corrected chi connectivity index (χ3v) is 2.52. The van der Waals surface area contributed by atoms with E-state index in [1.54, 1.807) is 0 Å². The molecule has 1 aromatic rings. The van der Waals surface area contributed by atoms with E-state index in [4.69, 9.17) is 5.73 Å². The Morgan fingerprint density at radius 2 is 2.36 bits per heavy atom. The van der Waals surface area contributed by atoms with E-state index >= 15 is 0 Å². The molecule has 0 aliphatic carbocycles. The summed E-state index contributed by atoms with van der Waals surface area (Å²) < 4.78 is 0. The van der Waals surface area contributed by atoms with Gasteiger partial charge in [-0.05, 0) is 30.0 Å². The molecule has 0 aliphatic heterocycles. The van der Waals surface area contributed by atoms with Crippen LogP contribution in [0.5, 0.6) is 0 Å². The van der Waals surface area contributed by atoms with E-state index in [-0.39, 0.29) is 0 Å². The summed E-state index contributed by atoms with van der Waals surface area (Å²) in [7, 11) is 0.808. The zero-order valence-corrected chi connectivity index (χ0v) is 7.89. The van der Waals surface area contributed by atoms with Gasteiger partial charge < -0.3 is 5.73 Å². The largest absolute Gasteiger partial charge is 0.383 e. The minimum atomic E-state index is 0.675. The SMILES string of the molecule is CCc1cc(PC)cnc1N. The van der Waals surface area contributed by atoms with Gasteiger partial charge in [0.1, 0.15) is 5.82 Å². The van der Waals surface area contributed by atoms with E-state index in [9.17, 15) is 0 Å². The van der Waals surface area contributed by atoms with Crippen LogP contribution in [-0.2, 0) is 6.42 Å². The molecule has 1 rings (SSSR count). The van der Waals surface area contributed by atoms with Gasteiger partial charge in [0.25, 0.3) is 0 Å². The number of hydrogen-bond acceptors (Lipinski definition) is 2. The van der Waals surface area contributed by atoms with Crippen molar-refractivity contribution >= 4 is 19.7 Å². The zero-order chi connectivity index (χ0) is 8.27. The fourth-order valence-corrected chi connectivity index (χ4v) is 1.45. The van der Waals surface area contributed by atoms with Crippen LogP contribution >= 0.6 is 8.58 Å². The van der Waals surface area contributed by atoms with E-state index in [0.29, 0.717) is 5.82 Å². The third kappa shape index (κ3) is 1.90. The number of nitrogens with two attached hydrogens (primary N) is 1. The third-order valence-electron chi connectivity index (χ3n) is 1.67. The first-order valence-electron chi connectivity index (χ1n) is 3.70. The molecule has 0 amide bonds. The number of aromatic nitrogens is 1. The maximum atomic E-state index is 5.65. The molecule has 0 radical (unpaired) electrons. The van der Waals surface area contributed by atoms with Crippen molar-refractivity contribution in [3.63, 3.8) is 0 Å². The van der Waals surface area contributed by atoms with Gasteiger partial charge in [-0.3, -0.25) is 0 Å². The molecular formula is C8H13N2P. The molecule has 1 aromatic heterocycles. The van der Waals surface area contributed by atoms with Crippen LogP contribution in [0.4, 0.5) is 5.82 Å². The standard InChI is InChI=1S/C8H13N2P/c1-3-6-4-7(11-2)5-10-8(6)9/h4-5,11H,3H2,1-2H3,(H2,9,10). The average Bonchev–Trinajstić information content (AvgIpc) is 2.05. The molecule has 0 aliphatic rings. The molecule has 60 valence electrons. The molecule has 0 fully saturated rings. The van der Waals surface area contributed by atoms with Gasteiger partial charge in [-0.15, -0.1) is 0 Å². The highest BCUT2D eigenvalue weighted by Gasteiger charge is 1.97. The van der Waals surface area contributed by atoms with E-state index < -0.39 is 0 Å². The smallest absolute Gasteiger partial charge is 0.126 e. The highest BCUT2D eigenvalue weighted by molar-refractivity contribution is 7.46. The molecule has 11 heavy (non-hydrogen) atoms. The van der Waals surface area contributed by atoms with Gasteiger partial charge in [0.05, 0.1) is 0 Å². The normalized spacial score (nSPS) is 11.1. The molecule has 2 N–H and O–H groups in total. The van der Waals surface area contributed by atoms with E-state index in [1.165, 1.54) is 5.30 Å². The number of nitrogen functional groups attached to an aromatic ring is 1. The number of hydrogen-bond donors (Lipinski definition) is 1. The molecule has 1 atom stereocenters. The van der Waals surface area contributed by atoms with Crippen LogP contribution in [0.15, 0.2) is 12.3 Å². The molecule has 0 spiro atoms. The molecule has 0 aromatic carbocycles. The first-order valence-corrected chi connectivity index (χ1v) is 5.20. The molecule has 3 heteroatoms. The van der Waals surface area contributed by atoms with Crippen molar-refractivity contribution < 1.29 is 0 Å². The van der Waals surface area contributed by atoms with Crippen molar-refractivity contribution in [3.05, 3.63) is 17.8 Å². The molecule has 1 heterocycles. The van der Waals surface area contributed by atoms with E-state index in [1.807, 2.05) is 6.20 Å². The van der Waals surface area contributed by atoms with Gasteiger partial charge >= 0.3 is 0 Å². The summed E-state index contributed by atoms with van der Waals surface area (Å²) in [5.74, 6) is 0.675. The fraction of sp³-hybridized carbons (Fsp3) is 0.375. The lowest BCUT2D eigenvalue weighted by Crippen LogP contribution is -2.03. The molecule has 0 saturated carbocycles. The Balaban J connectivity index is 3.02. The lowest BCUT2D eigenvalue weighted by Gasteiger charge is -2.02. The maximum Gasteiger partial charge on any atom is 0.126 e. The summed E-state index contributed by atoms with van der Waals surface area (Å²) >= 11 is 0. The Morgan fingerprint density at radius 1 is 1.64 bits per heavy atom. The second-order valence-electron chi connectivity index (χ2n) is 2.37. The van der Waals surface area contributed by atoms with Crippen LogP contribution in [0.2, 0.25) is 0 Å². The van der Waals surface area contributed by atoms with Crippen LogP contribution < -0.4 is 11.0 Å². The predicted molar refractivity (Wildman–Crippen MR) is 51.9 cm³/mol. The quantitative estimate of drug-likeness (QED) is 0.673. The van der Waals surface area contributed by atoms with Gasteiger partial charge in [0.2, 0.25) is 0 Å². The first kappa shape index (κ1) is 8.48. The minimum absolute atomic E-state index is 0.675. The van der Waals surface area contributed by atoms with Gasteiger partial charge in [0.15, 0.2) is 0 Å². The van der Waals surface area contributed by atoms with Crippen LogP contribution in [-0.4, -0.2) is 11.6 Å². The Kier molecular flexibility index (Phi) is 2.84. The highest BCUT2D eigenvalue weighted by atomic mass is 31.1. The van der Waals surface area contributed by atoms with Crippen LogP contribution in [0.25, 0.3) is 0 Å². The van der Waals surface area contributed by atoms with Crippen molar-refractivity contribution in [1.29, 1.82) is 0 Å². The lowest BCUT2D eigenvalue weighted by molar-refractivity contribution is 1.12. The van der Waals surface area contributed by atoms with Crippen LogP contribution in [0, 0.1) is 0 Å². The second kappa shape index (κ2) is 3.68. The fourth-order valence-electron chi connectivity index (χ4n) is 0.941. The van der Waals surface area contributed by atoms with Crippen molar-refractivity contribution in [2.24, 2.45) is 0 Å². The van der Waals surface area contributed by atoms with Crippen LogP contribution in [0.3, 0.4) is 0 Å². The Morgan fingerprint density at radius 3 is 2.91 bits per heavy atom. The van der Waals surface area contributed by atoms with Crippen molar-refractivity contribution in [2.45, 2.75) is 13.3 Å². The second-order valence-corrected chi connectivity index (χ2v) is 3.45. The van der Waals surface area contributed by atoms with E-state index in [2.05, 4.69) is 24.6 Å². The molecule has 0 bridgehead atoms. The van der Waals surface area contributed by atoms with Crippen molar-refractivity contribution in [3.8, 4) is 0 Å². The first-order chi connectivity index (χ1) is 5.27. The number of nitrogens with zero attached hydrogens (tertiary/aromatic N) is 1. The topological polar surface area (TPSA) is 38.9 Å². The van der Waals surface area contributed by atoms with Crippen molar-refractivity contribution in [2.75, 3.05) is 12.4 Å². The lowest BCUT2D eigenvalue weighted by atomic mass is 10.2. The summed E-state index contributed by atoms with van der Waals surface area (Å²) in [5, 5.41) is 1.29. The molecule has 1 unspecified atom stereocenters. The van der Waals surface area contributed by atoms with Crippen LogP contribution in [0.1, 0.15) is 12.5 Å². The zero-order valence-electron chi connectivity index (χ0n) is 6.89. The summed E-state index contributed by atoms with van der Waals surface area (Å²) in [5.41, 5.74) is 6.81. The maximum absolute atomic E-state index is 5.65. The number of aryl methyl sites for hydroxylation is 1. The number of pyridine rings is 1. The number of rotatable bonds is 2. The summed E-state index contributed by atoms with van der Waals surface area (Å²) in [6.45, 7) is 4.24. The predicted octanol–water partition coefficient (Wildman–Crippen LogP) is 1.16. The molecular weight excluding hydrogens is 155 g/mol. The molecule has 0 saturated heterocycles. The monoisotopic (exact) mass is 168 g/mol. The van der Waals surface area contributed by atoms with Crippen molar-refractivity contribution in [1.82, 2.24) is 4.98 Å². The Bertz CT molecular complexity index is 248. The number of anilines is 1. The summed E-state index contributed by atoms with van der Waals surface area (Å²) in [6.07, 6.45) is 2.82. The minimum Gasteiger partial charge on any atom is -0.383 e. The van der Waals surface area contributed by atoms with Gasteiger partial charge in [-0.25, -0.2) is 4.98 Å². The Labute approximate surface area is 69.0 Å². The Hall–Kier alpha value is -0.620. The summed E-state index contributed by atoms with van der Waals surface area (Å²) in [6, 6.07) is 2.14. The molecule has 2 nitrogen and oxygen atoms in total. The highest BCUT2D eigenvalue weighted by Crippen LogP contribution is 2.10. The van der Waals surface area contributed by atoms with E-state index in [0.717, 1.165) is 20.6 Å².